The second-order valence-corrected chi connectivity index (χ2v) is 14.7. The molecule has 236 valence electrons. The Labute approximate surface area is 264 Å². The number of allylic oxidation sites excluding steroid dienone is 1. The molecule has 3 aromatic rings. The minimum atomic E-state index is -3.72. The van der Waals surface area contributed by atoms with E-state index in [-0.39, 0.29) is 23.9 Å². The summed E-state index contributed by atoms with van der Waals surface area (Å²) in [7, 11) is -1.64. The van der Waals surface area contributed by atoms with Gasteiger partial charge in [-0.2, -0.15) is 4.31 Å². The van der Waals surface area contributed by atoms with Crippen LogP contribution < -0.4 is 0 Å². The van der Waals surface area contributed by atoms with E-state index in [1.165, 1.54) is 23.9 Å². The summed E-state index contributed by atoms with van der Waals surface area (Å²) in [5.41, 5.74) is 2.08. The van der Waals surface area contributed by atoms with Crippen molar-refractivity contribution in [2.45, 2.75) is 58.2 Å². The summed E-state index contributed by atoms with van der Waals surface area (Å²) in [4.78, 5) is 18.2. The fourth-order valence-electron chi connectivity index (χ4n) is 6.04. The molecule has 12 heteroatoms. The van der Waals surface area contributed by atoms with E-state index in [1.54, 1.807) is 23.5 Å². The molecule has 0 saturated carbocycles. The number of sulfonamides is 1. The molecule has 2 aromatic heterocycles. The number of hydrogen-bond donors (Lipinski definition) is 0. The topological polar surface area (TPSA) is 86.9 Å². The Morgan fingerprint density at radius 3 is 2.66 bits per heavy atom. The molecule has 0 amide bonds. The standard InChI is InChI=1S/C32H42FN7O2S2/c1-5-7-11-31(36-30-10-8-9-16-35-30)43-32(6-2)44(41,42)38-17-18-39-27(21-38)20-37(4)22-29(39)28-19-34-23-40(28)24(3)25-12-14-26(33)15-13-25/h6,8-10,12-16,19,23-24,27,29H,5,7,11,17-18,20-22H2,1-4H3. The molecule has 3 atom stereocenters. The monoisotopic (exact) mass is 639 g/mol. The van der Waals surface area contributed by atoms with Crippen LogP contribution in [0.4, 0.5) is 10.2 Å². The number of aliphatic imine (C=N–C) groups is 1. The van der Waals surface area contributed by atoms with Crippen LogP contribution in [-0.2, 0) is 10.0 Å². The fraction of sp³-hybridized carbons (Fsp3) is 0.469. The average Bonchev–Trinajstić information content (AvgIpc) is 3.52. The van der Waals surface area contributed by atoms with Crippen molar-refractivity contribution in [2.24, 2.45) is 4.99 Å². The van der Waals surface area contributed by atoms with Gasteiger partial charge in [0.05, 0.1) is 29.1 Å². The maximum absolute atomic E-state index is 14.1. The Morgan fingerprint density at radius 2 is 1.95 bits per heavy atom. The van der Waals surface area contributed by atoms with E-state index in [0.717, 1.165) is 42.2 Å². The summed E-state index contributed by atoms with van der Waals surface area (Å²) in [6, 6.07) is 12.2. The quantitative estimate of drug-likeness (QED) is 0.203. The Balaban J connectivity index is 1.34. The first-order chi connectivity index (χ1) is 21.2. The Kier molecular flexibility index (Phi) is 10.7. The molecule has 4 heterocycles. The number of fused-ring (bicyclic) bond motifs is 1. The molecule has 0 spiro atoms. The number of piperazine rings is 2. The lowest BCUT2D eigenvalue weighted by Gasteiger charge is -2.50. The van der Waals surface area contributed by atoms with Gasteiger partial charge in [0.2, 0.25) is 10.0 Å². The molecule has 0 N–H and O–H groups in total. The van der Waals surface area contributed by atoms with E-state index in [4.69, 9.17) is 4.99 Å². The molecule has 2 saturated heterocycles. The van der Waals surface area contributed by atoms with Crippen LogP contribution in [0, 0.1) is 5.82 Å². The number of halogens is 1. The van der Waals surface area contributed by atoms with Gasteiger partial charge in [0.15, 0.2) is 5.82 Å². The summed E-state index contributed by atoms with van der Waals surface area (Å²) in [6.45, 7) is 8.99. The van der Waals surface area contributed by atoms with Crippen molar-refractivity contribution in [1.29, 1.82) is 0 Å². The minimum Gasteiger partial charge on any atom is -0.326 e. The summed E-state index contributed by atoms with van der Waals surface area (Å²) < 4.78 is 45.8. The van der Waals surface area contributed by atoms with E-state index < -0.39 is 10.0 Å². The van der Waals surface area contributed by atoms with Crippen molar-refractivity contribution in [1.82, 2.24) is 28.6 Å². The number of likely N-dealkylation sites (N-methyl/N-ethyl adjacent to an activating group) is 1. The van der Waals surface area contributed by atoms with Gasteiger partial charge < -0.3 is 9.47 Å². The number of rotatable bonds is 10. The SMILES string of the molecule is CC=C(SC(CCCC)=Nc1ccccn1)S(=O)(=O)N1CCN2C(CN(C)CC2c2cncn2C(C)c2ccc(F)cc2)C1. The highest BCUT2D eigenvalue weighted by Gasteiger charge is 2.42. The first-order valence-electron chi connectivity index (χ1n) is 15.3. The summed E-state index contributed by atoms with van der Waals surface area (Å²) in [5, 5.41) is 0.752. The summed E-state index contributed by atoms with van der Waals surface area (Å²) in [6.07, 6.45) is 9.73. The highest BCUT2D eigenvalue weighted by molar-refractivity contribution is 8.26. The van der Waals surface area contributed by atoms with Crippen LogP contribution in [0.3, 0.4) is 0 Å². The van der Waals surface area contributed by atoms with Crippen molar-refractivity contribution in [3.8, 4) is 0 Å². The van der Waals surface area contributed by atoms with Crippen LogP contribution in [0.1, 0.15) is 63.4 Å². The lowest BCUT2D eigenvalue weighted by atomic mass is 10.0. The van der Waals surface area contributed by atoms with Gasteiger partial charge in [-0.25, -0.2) is 27.8 Å². The zero-order valence-corrected chi connectivity index (χ0v) is 27.5. The zero-order valence-electron chi connectivity index (χ0n) is 25.9. The number of thioether (sulfide) groups is 1. The average molecular weight is 640 g/mol. The number of benzene rings is 1. The Morgan fingerprint density at radius 1 is 1.16 bits per heavy atom. The van der Waals surface area contributed by atoms with Gasteiger partial charge in [-0.1, -0.05) is 49.4 Å². The lowest BCUT2D eigenvalue weighted by Crippen LogP contribution is -2.63. The molecule has 44 heavy (non-hydrogen) atoms. The summed E-state index contributed by atoms with van der Waals surface area (Å²) in [5.74, 6) is 0.324. The number of hydrogen-bond acceptors (Lipinski definition) is 8. The highest BCUT2D eigenvalue weighted by Crippen LogP contribution is 2.36. The van der Waals surface area contributed by atoms with E-state index in [1.807, 2.05) is 42.9 Å². The Bertz CT molecular complexity index is 1560. The van der Waals surface area contributed by atoms with Crippen molar-refractivity contribution in [2.75, 3.05) is 39.8 Å². The van der Waals surface area contributed by atoms with Gasteiger partial charge in [-0.3, -0.25) is 4.90 Å². The first-order valence-corrected chi connectivity index (χ1v) is 17.5. The third-order valence-electron chi connectivity index (χ3n) is 8.39. The molecule has 5 rings (SSSR count). The third-order valence-corrected chi connectivity index (χ3v) is 12.0. The van der Waals surface area contributed by atoms with Gasteiger partial charge in [-0.05, 0) is 63.6 Å². The molecule has 2 aliphatic heterocycles. The van der Waals surface area contributed by atoms with Crippen molar-refractivity contribution in [3.05, 3.63) is 88.6 Å². The maximum Gasteiger partial charge on any atom is 0.249 e. The van der Waals surface area contributed by atoms with Gasteiger partial charge in [0, 0.05) is 51.2 Å². The normalized spacial score (nSPS) is 21.8. The van der Waals surface area contributed by atoms with Crippen LogP contribution in [0.25, 0.3) is 0 Å². The number of nitrogens with zero attached hydrogens (tertiary/aromatic N) is 7. The molecule has 0 radical (unpaired) electrons. The van der Waals surface area contributed by atoms with Crippen molar-refractivity contribution < 1.29 is 12.8 Å². The molecule has 0 aliphatic carbocycles. The zero-order chi connectivity index (χ0) is 31.3. The third kappa shape index (κ3) is 7.31. The van der Waals surface area contributed by atoms with Crippen LogP contribution in [0.15, 0.2) is 76.5 Å². The van der Waals surface area contributed by atoms with Gasteiger partial charge in [-0.15, -0.1) is 0 Å². The van der Waals surface area contributed by atoms with Crippen LogP contribution in [0.5, 0.6) is 0 Å². The van der Waals surface area contributed by atoms with E-state index in [2.05, 4.69) is 45.2 Å². The molecule has 2 aliphatic rings. The minimum absolute atomic E-state index is 0.0237. The second kappa shape index (κ2) is 14.5. The number of pyridine rings is 1. The predicted octanol–water partition coefficient (Wildman–Crippen LogP) is 5.84. The van der Waals surface area contributed by atoms with E-state index in [0.29, 0.717) is 36.1 Å². The highest BCUT2D eigenvalue weighted by atomic mass is 32.3. The van der Waals surface area contributed by atoms with Crippen molar-refractivity contribution in [3.63, 3.8) is 0 Å². The maximum atomic E-state index is 14.1. The van der Waals surface area contributed by atoms with Crippen LogP contribution in [0.2, 0.25) is 0 Å². The molecule has 3 unspecified atom stereocenters. The van der Waals surface area contributed by atoms with Crippen LogP contribution >= 0.6 is 11.8 Å². The smallest absolute Gasteiger partial charge is 0.249 e. The summed E-state index contributed by atoms with van der Waals surface area (Å²) >= 11 is 1.24. The number of unbranched alkanes of at least 4 members (excludes halogenated alkanes) is 1. The van der Waals surface area contributed by atoms with E-state index in [9.17, 15) is 12.8 Å². The lowest BCUT2D eigenvalue weighted by molar-refractivity contribution is -0.00295. The second-order valence-electron chi connectivity index (χ2n) is 11.5. The fourth-order valence-corrected chi connectivity index (χ4v) is 9.04. The van der Waals surface area contributed by atoms with Gasteiger partial charge >= 0.3 is 0 Å². The molecule has 9 nitrogen and oxygen atoms in total. The van der Waals surface area contributed by atoms with Crippen molar-refractivity contribution >= 4 is 32.6 Å². The van der Waals surface area contributed by atoms with Gasteiger partial charge in [0.1, 0.15) is 10.1 Å². The van der Waals surface area contributed by atoms with Crippen LogP contribution in [-0.4, -0.2) is 87.9 Å². The van der Waals surface area contributed by atoms with E-state index >= 15 is 0 Å². The molecular weight excluding hydrogens is 598 g/mol. The predicted molar refractivity (Wildman–Crippen MR) is 176 cm³/mol. The van der Waals surface area contributed by atoms with Gasteiger partial charge in [0.25, 0.3) is 0 Å². The largest absolute Gasteiger partial charge is 0.326 e. The molecule has 0 bridgehead atoms. The molecule has 1 aromatic carbocycles. The number of aromatic nitrogens is 3. The molecular formula is C32H42FN7O2S2. The Hall–Kier alpha value is -2.90. The first kappa shape index (κ1) is 32.5. The molecule has 2 fully saturated rings. The number of imidazole rings is 1.